The summed E-state index contributed by atoms with van der Waals surface area (Å²) in [7, 11) is 0. The fourth-order valence-corrected chi connectivity index (χ4v) is 2.16. The summed E-state index contributed by atoms with van der Waals surface area (Å²) in [4.78, 5) is 24.9. The van der Waals surface area contributed by atoms with Crippen molar-refractivity contribution in [3.05, 3.63) is 32.6 Å². The number of alkyl halides is 1. The molecule has 1 aliphatic rings. The highest BCUT2D eigenvalue weighted by Gasteiger charge is 2.45. The van der Waals surface area contributed by atoms with E-state index in [-0.39, 0.29) is 5.56 Å². The van der Waals surface area contributed by atoms with Crippen LogP contribution in [0, 0.1) is 12.8 Å². The first kappa shape index (κ1) is 13.9. The maximum Gasteiger partial charge on any atom is 0.330 e. The van der Waals surface area contributed by atoms with Crippen molar-refractivity contribution in [2.75, 3.05) is 13.2 Å². The number of aryl methyl sites for hydroxylation is 1. The molecule has 1 aliphatic heterocycles. The largest absolute Gasteiger partial charge is 0.396 e. The second kappa shape index (κ2) is 5.24. The van der Waals surface area contributed by atoms with Crippen molar-refractivity contribution in [1.82, 2.24) is 9.55 Å². The normalized spacial score (nSPS) is 30.7. The Morgan fingerprint density at radius 3 is 2.63 bits per heavy atom. The predicted molar refractivity (Wildman–Crippen MR) is 62.5 cm³/mol. The van der Waals surface area contributed by atoms with Crippen LogP contribution in [0.1, 0.15) is 11.8 Å². The number of ether oxygens (including phenoxy) is 1. The van der Waals surface area contributed by atoms with E-state index in [1.165, 1.54) is 13.1 Å². The molecule has 4 atom stereocenters. The van der Waals surface area contributed by atoms with Crippen LogP contribution >= 0.6 is 0 Å². The number of nitrogens with zero attached hydrogens (tertiary/aromatic N) is 1. The number of nitrogens with one attached hydrogen (secondary N) is 1. The SMILES string of the molecule is Cc1cn(C2OC(CO)C(CO)C2F)c(=O)[nH]c1=O. The fraction of sp³-hybridized carbons (Fsp3) is 0.636. The Bertz CT molecular complexity index is 569. The van der Waals surface area contributed by atoms with Gasteiger partial charge in [0.05, 0.1) is 19.3 Å². The van der Waals surface area contributed by atoms with Gasteiger partial charge < -0.3 is 14.9 Å². The number of aliphatic hydroxyl groups is 2. The third-order valence-corrected chi connectivity index (χ3v) is 3.28. The highest BCUT2D eigenvalue weighted by Crippen LogP contribution is 2.35. The minimum Gasteiger partial charge on any atom is -0.396 e. The number of H-pyrrole nitrogens is 1. The minimum absolute atomic E-state index is 0.239. The third kappa shape index (κ3) is 2.34. The summed E-state index contributed by atoms with van der Waals surface area (Å²) in [5, 5.41) is 18.2. The molecule has 2 rings (SSSR count). The van der Waals surface area contributed by atoms with Crippen LogP contribution in [-0.2, 0) is 4.74 Å². The predicted octanol–water partition coefficient (Wildman–Crippen LogP) is -1.32. The smallest absolute Gasteiger partial charge is 0.330 e. The number of aromatic nitrogens is 2. The maximum atomic E-state index is 14.1. The molecule has 0 radical (unpaired) electrons. The number of hydrogen-bond donors (Lipinski definition) is 3. The molecule has 0 aromatic carbocycles. The van der Waals surface area contributed by atoms with Crippen molar-refractivity contribution in [3.8, 4) is 0 Å². The standard InChI is InChI=1S/C11H15FN2O5/c1-5-2-14(11(18)13-9(5)17)10-8(12)6(3-15)7(4-16)19-10/h2,6-8,10,15-16H,3-4H2,1H3,(H,13,17,18). The first-order valence-electron chi connectivity index (χ1n) is 5.83. The third-order valence-electron chi connectivity index (χ3n) is 3.28. The van der Waals surface area contributed by atoms with Gasteiger partial charge in [-0.15, -0.1) is 0 Å². The van der Waals surface area contributed by atoms with Crippen LogP contribution in [-0.4, -0.2) is 45.3 Å². The first-order valence-corrected chi connectivity index (χ1v) is 5.83. The highest BCUT2D eigenvalue weighted by molar-refractivity contribution is 5.03. The molecule has 0 amide bonds. The zero-order valence-electron chi connectivity index (χ0n) is 10.2. The topological polar surface area (TPSA) is 105 Å². The molecule has 0 aliphatic carbocycles. The van der Waals surface area contributed by atoms with Crippen LogP contribution in [0.5, 0.6) is 0 Å². The van der Waals surface area contributed by atoms with E-state index in [1.807, 2.05) is 0 Å². The zero-order chi connectivity index (χ0) is 14.2. The van der Waals surface area contributed by atoms with E-state index < -0.39 is 48.9 Å². The minimum atomic E-state index is -1.65. The average Bonchev–Trinajstić information content (AvgIpc) is 2.70. The van der Waals surface area contributed by atoms with Crippen molar-refractivity contribution in [3.63, 3.8) is 0 Å². The van der Waals surface area contributed by atoms with Crippen LogP contribution in [0.15, 0.2) is 15.8 Å². The lowest BCUT2D eigenvalue weighted by Crippen LogP contribution is -2.36. The molecular formula is C11H15FN2O5. The first-order chi connectivity index (χ1) is 8.99. The number of aromatic amines is 1. The molecule has 19 heavy (non-hydrogen) atoms. The van der Waals surface area contributed by atoms with Gasteiger partial charge in [-0.25, -0.2) is 9.18 Å². The lowest BCUT2D eigenvalue weighted by Gasteiger charge is -2.16. The van der Waals surface area contributed by atoms with E-state index in [4.69, 9.17) is 14.9 Å². The molecular weight excluding hydrogens is 259 g/mol. The quantitative estimate of drug-likeness (QED) is 0.634. The fourth-order valence-electron chi connectivity index (χ4n) is 2.16. The second-order valence-electron chi connectivity index (χ2n) is 4.52. The van der Waals surface area contributed by atoms with Gasteiger partial charge in [0, 0.05) is 17.7 Å². The van der Waals surface area contributed by atoms with Gasteiger partial charge in [0.1, 0.15) is 0 Å². The van der Waals surface area contributed by atoms with Gasteiger partial charge >= 0.3 is 5.69 Å². The van der Waals surface area contributed by atoms with E-state index in [9.17, 15) is 14.0 Å². The van der Waals surface area contributed by atoms with Crippen molar-refractivity contribution in [2.45, 2.75) is 25.4 Å². The zero-order valence-corrected chi connectivity index (χ0v) is 10.2. The molecule has 4 unspecified atom stereocenters. The van der Waals surface area contributed by atoms with Gasteiger partial charge in [-0.2, -0.15) is 0 Å². The molecule has 0 spiro atoms. The monoisotopic (exact) mass is 274 g/mol. The molecule has 8 heteroatoms. The molecule has 7 nitrogen and oxygen atoms in total. The Kier molecular flexibility index (Phi) is 3.83. The van der Waals surface area contributed by atoms with Gasteiger partial charge in [0.25, 0.3) is 5.56 Å². The van der Waals surface area contributed by atoms with Crippen molar-refractivity contribution >= 4 is 0 Å². The lowest BCUT2D eigenvalue weighted by atomic mass is 10.0. The summed E-state index contributed by atoms with van der Waals surface area (Å²) in [5.74, 6) is -0.908. The van der Waals surface area contributed by atoms with Gasteiger partial charge in [-0.3, -0.25) is 14.3 Å². The van der Waals surface area contributed by atoms with Gasteiger partial charge in [-0.1, -0.05) is 0 Å². The molecule has 1 aromatic heterocycles. The average molecular weight is 274 g/mol. The van der Waals surface area contributed by atoms with Gasteiger partial charge in [0.15, 0.2) is 12.4 Å². The van der Waals surface area contributed by atoms with Crippen molar-refractivity contribution in [1.29, 1.82) is 0 Å². The van der Waals surface area contributed by atoms with Gasteiger partial charge in [-0.05, 0) is 6.92 Å². The van der Waals surface area contributed by atoms with Crippen molar-refractivity contribution < 1.29 is 19.3 Å². The Morgan fingerprint density at radius 2 is 2.11 bits per heavy atom. The molecule has 1 fully saturated rings. The second-order valence-corrected chi connectivity index (χ2v) is 4.52. The molecule has 3 N–H and O–H groups in total. The van der Waals surface area contributed by atoms with Gasteiger partial charge in [0.2, 0.25) is 0 Å². The van der Waals surface area contributed by atoms with Crippen LogP contribution in [0.3, 0.4) is 0 Å². The molecule has 2 heterocycles. The van der Waals surface area contributed by atoms with Crippen LogP contribution < -0.4 is 11.2 Å². The van der Waals surface area contributed by atoms with E-state index in [0.29, 0.717) is 0 Å². The summed E-state index contributed by atoms with van der Waals surface area (Å²) in [6.45, 7) is 0.517. The molecule has 0 bridgehead atoms. The number of aliphatic hydroxyl groups excluding tert-OH is 2. The summed E-state index contributed by atoms with van der Waals surface area (Å²) in [6.07, 6.45) is -2.60. The summed E-state index contributed by atoms with van der Waals surface area (Å²) < 4.78 is 20.3. The molecule has 0 saturated carbocycles. The summed E-state index contributed by atoms with van der Waals surface area (Å²) in [5.41, 5.74) is -1.10. The summed E-state index contributed by atoms with van der Waals surface area (Å²) in [6, 6.07) is 0. The number of hydrogen-bond acceptors (Lipinski definition) is 5. The lowest BCUT2D eigenvalue weighted by molar-refractivity contribution is -0.0442. The van der Waals surface area contributed by atoms with E-state index >= 15 is 0 Å². The van der Waals surface area contributed by atoms with E-state index in [1.54, 1.807) is 0 Å². The summed E-state index contributed by atoms with van der Waals surface area (Å²) >= 11 is 0. The number of halogens is 1. The molecule has 1 saturated heterocycles. The van der Waals surface area contributed by atoms with E-state index in [2.05, 4.69) is 4.98 Å². The molecule has 1 aromatic rings. The Labute approximate surface area is 107 Å². The van der Waals surface area contributed by atoms with Crippen LogP contribution in [0.4, 0.5) is 4.39 Å². The Morgan fingerprint density at radius 1 is 1.42 bits per heavy atom. The van der Waals surface area contributed by atoms with Crippen LogP contribution in [0.25, 0.3) is 0 Å². The Hall–Kier alpha value is -1.51. The van der Waals surface area contributed by atoms with Crippen molar-refractivity contribution in [2.24, 2.45) is 5.92 Å². The Balaban J connectivity index is 2.41. The highest BCUT2D eigenvalue weighted by atomic mass is 19.1. The maximum absolute atomic E-state index is 14.1. The van der Waals surface area contributed by atoms with E-state index in [0.717, 1.165) is 4.57 Å². The van der Waals surface area contributed by atoms with Crippen LogP contribution in [0.2, 0.25) is 0 Å². The molecule has 106 valence electrons. The number of rotatable bonds is 3.